The molecule has 3 heterocycles. The van der Waals surface area contributed by atoms with Gasteiger partial charge in [-0.05, 0) is 48.9 Å². The second kappa shape index (κ2) is 9.09. The van der Waals surface area contributed by atoms with Crippen LogP contribution in [0.3, 0.4) is 0 Å². The first-order valence-corrected chi connectivity index (χ1v) is 11.0. The predicted molar refractivity (Wildman–Crippen MR) is 125 cm³/mol. The van der Waals surface area contributed by atoms with Crippen LogP contribution in [0.2, 0.25) is 5.02 Å². The number of hydrogen-bond acceptors (Lipinski definition) is 3. The van der Waals surface area contributed by atoms with Crippen molar-refractivity contribution in [2.24, 2.45) is 7.05 Å². The van der Waals surface area contributed by atoms with Crippen LogP contribution in [-0.2, 0) is 20.0 Å². The standard InChI is InChI=1S/C23H18ClFN4O.C2H6/c1-28-22(15-4-6-19(25)18(24)12-15)17-8-10-29(13-21(17)27-28)23(30)16-5-7-20-14(11-16)3-2-9-26-20;1-2/h2-7,9,11-12H,8,10,13H2,1H3;1-2H3. The average Bonchev–Trinajstić information content (AvgIpc) is 3.16. The molecule has 1 aliphatic heterocycles. The molecule has 0 radical (unpaired) electrons. The predicted octanol–water partition coefficient (Wildman–Crippen LogP) is 5.65. The Bertz CT molecular complexity index is 1300. The van der Waals surface area contributed by atoms with Crippen molar-refractivity contribution in [2.45, 2.75) is 26.8 Å². The third-order valence-corrected chi connectivity index (χ3v) is 5.82. The van der Waals surface area contributed by atoms with Crippen LogP contribution in [0.1, 0.15) is 35.5 Å². The number of halogens is 2. The molecule has 0 bridgehead atoms. The fourth-order valence-electron chi connectivity index (χ4n) is 4.09. The Hall–Kier alpha value is -3.25. The Balaban J connectivity index is 0.00000119. The average molecular weight is 451 g/mol. The lowest BCUT2D eigenvalue weighted by Crippen LogP contribution is -2.36. The zero-order valence-corrected chi connectivity index (χ0v) is 19.0. The minimum absolute atomic E-state index is 0.0246. The molecule has 2 aromatic heterocycles. The van der Waals surface area contributed by atoms with Gasteiger partial charge in [0.15, 0.2) is 0 Å². The summed E-state index contributed by atoms with van der Waals surface area (Å²) in [5.74, 6) is -0.470. The Morgan fingerprint density at radius 1 is 1.12 bits per heavy atom. The third-order valence-electron chi connectivity index (χ3n) is 5.53. The smallest absolute Gasteiger partial charge is 0.254 e. The van der Waals surface area contributed by atoms with Gasteiger partial charge < -0.3 is 4.90 Å². The van der Waals surface area contributed by atoms with Crippen molar-refractivity contribution in [3.63, 3.8) is 0 Å². The van der Waals surface area contributed by atoms with Gasteiger partial charge in [0.2, 0.25) is 0 Å². The van der Waals surface area contributed by atoms with Crippen LogP contribution < -0.4 is 0 Å². The zero-order valence-electron chi connectivity index (χ0n) is 18.3. The van der Waals surface area contributed by atoms with Crippen LogP contribution in [0.5, 0.6) is 0 Å². The molecule has 0 saturated carbocycles. The SMILES string of the molecule is CC.Cn1nc2c(c1-c1ccc(F)c(Cl)c1)CCN(C(=O)c1ccc3ncccc3c1)C2. The summed E-state index contributed by atoms with van der Waals surface area (Å²) in [6, 6.07) is 14.1. The van der Waals surface area contributed by atoms with Crippen molar-refractivity contribution in [3.05, 3.63) is 82.4 Å². The first-order valence-electron chi connectivity index (χ1n) is 10.7. The van der Waals surface area contributed by atoms with Crippen LogP contribution >= 0.6 is 11.6 Å². The lowest BCUT2D eigenvalue weighted by Gasteiger charge is -2.27. The number of carbonyl (C=O) groups is 1. The molecule has 0 saturated heterocycles. The highest BCUT2D eigenvalue weighted by atomic mass is 35.5. The zero-order chi connectivity index (χ0) is 22.8. The molecule has 5 nitrogen and oxygen atoms in total. The molecular formula is C25H24ClFN4O. The quantitative estimate of drug-likeness (QED) is 0.396. The topological polar surface area (TPSA) is 51.0 Å². The van der Waals surface area contributed by atoms with E-state index in [1.165, 1.54) is 6.07 Å². The van der Waals surface area contributed by atoms with E-state index in [0.29, 0.717) is 25.1 Å². The van der Waals surface area contributed by atoms with E-state index >= 15 is 0 Å². The van der Waals surface area contributed by atoms with Crippen LogP contribution in [0.15, 0.2) is 54.7 Å². The third kappa shape index (κ3) is 3.98. The van der Waals surface area contributed by atoms with E-state index in [1.807, 2.05) is 56.1 Å². The first-order chi connectivity index (χ1) is 15.5. The van der Waals surface area contributed by atoms with Gasteiger partial charge in [-0.3, -0.25) is 14.5 Å². The molecule has 1 amide bonds. The molecule has 0 atom stereocenters. The Morgan fingerprint density at radius 2 is 1.94 bits per heavy atom. The highest BCUT2D eigenvalue weighted by Crippen LogP contribution is 2.32. The van der Waals surface area contributed by atoms with Crippen molar-refractivity contribution in [1.82, 2.24) is 19.7 Å². The molecule has 164 valence electrons. The Morgan fingerprint density at radius 3 is 2.72 bits per heavy atom. The van der Waals surface area contributed by atoms with Gasteiger partial charge in [-0.2, -0.15) is 5.10 Å². The monoisotopic (exact) mass is 450 g/mol. The number of carbonyl (C=O) groups excluding carboxylic acids is 1. The minimum Gasteiger partial charge on any atom is -0.332 e. The minimum atomic E-state index is -0.446. The molecule has 0 fully saturated rings. The van der Waals surface area contributed by atoms with Crippen molar-refractivity contribution in [3.8, 4) is 11.3 Å². The fraction of sp³-hybridized carbons (Fsp3) is 0.240. The van der Waals surface area contributed by atoms with Gasteiger partial charge in [0.1, 0.15) is 5.82 Å². The van der Waals surface area contributed by atoms with E-state index < -0.39 is 5.82 Å². The van der Waals surface area contributed by atoms with E-state index in [4.69, 9.17) is 11.6 Å². The van der Waals surface area contributed by atoms with Crippen LogP contribution in [0.25, 0.3) is 22.2 Å². The summed E-state index contributed by atoms with van der Waals surface area (Å²) in [4.78, 5) is 19.2. The summed E-state index contributed by atoms with van der Waals surface area (Å²) in [7, 11) is 1.85. The van der Waals surface area contributed by atoms with Crippen molar-refractivity contribution < 1.29 is 9.18 Å². The van der Waals surface area contributed by atoms with Crippen LogP contribution in [0.4, 0.5) is 4.39 Å². The molecule has 7 heteroatoms. The molecule has 0 unspecified atom stereocenters. The van der Waals surface area contributed by atoms with Gasteiger partial charge in [-0.15, -0.1) is 0 Å². The summed E-state index contributed by atoms with van der Waals surface area (Å²) in [5, 5.41) is 5.66. The van der Waals surface area contributed by atoms with E-state index in [9.17, 15) is 9.18 Å². The number of aryl methyl sites for hydroxylation is 1. The summed E-state index contributed by atoms with van der Waals surface area (Å²) < 4.78 is 15.4. The normalized spacial score (nSPS) is 12.8. The number of benzene rings is 2. The number of fused-ring (bicyclic) bond motifs is 2. The van der Waals surface area contributed by atoms with Crippen LogP contribution in [0, 0.1) is 5.82 Å². The second-order valence-corrected chi connectivity index (χ2v) is 7.82. The summed E-state index contributed by atoms with van der Waals surface area (Å²) in [6.07, 6.45) is 2.41. The van der Waals surface area contributed by atoms with E-state index in [2.05, 4.69) is 10.1 Å². The van der Waals surface area contributed by atoms with Gasteiger partial charge in [-0.25, -0.2) is 4.39 Å². The molecule has 0 N–H and O–H groups in total. The molecule has 1 aliphatic rings. The second-order valence-electron chi connectivity index (χ2n) is 7.41. The highest BCUT2D eigenvalue weighted by molar-refractivity contribution is 6.31. The Kier molecular flexibility index (Phi) is 6.24. The molecule has 2 aromatic carbocycles. The highest BCUT2D eigenvalue weighted by Gasteiger charge is 2.28. The van der Waals surface area contributed by atoms with Gasteiger partial charge >= 0.3 is 0 Å². The number of pyridine rings is 1. The van der Waals surface area contributed by atoms with Crippen molar-refractivity contribution in [2.75, 3.05) is 6.54 Å². The maximum absolute atomic E-state index is 13.6. The lowest BCUT2D eigenvalue weighted by molar-refractivity contribution is 0.0732. The molecule has 5 rings (SSSR count). The molecular weight excluding hydrogens is 427 g/mol. The Labute approximate surface area is 191 Å². The molecule has 4 aromatic rings. The van der Waals surface area contributed by atoms with Crippen molar-refractivity contribution >= 4 is 28.4 Å². The molecule has 0 spiro atoms. The summed E-state index contributed by atoms with van der Waals surface area (Å²) >= 11 is 5.98. The fourth-order valence-corrected chi connectivity index (χ4v) is 4.27. The number of nitrogens with zero attached hydrogens (tertiary/aromatic N) is 4. The summed E-state index contributed by atoms with van der Waals surface area (Å²) in [6.45, 7) is 5.02. The van der Waals surface area contributed by atoms with Crippen molar-refractivity contribution in [1.29, 1.82) is 0 Å². The molecule has 0 aliphatic carbocycles. The number of hydrogen-bond donors (Lipinski definition) is 0. The van der Waals surface area contributed by atoms with Gasteiger partial charge in [0, 0.05) is 41.9 Å². The first kappa shape index (κ1) is 22.0. The lowest BCUT2D eigenvalue weighted by atomic mass is 9.99. The molecule has 32 heavy (non-hydrogen) atoms. The van der Waals surface area contributed by atoms with Gasteiger partial charge in [0.25, 0.3) is 5.91 Å². The number of amides is 1. The maximum atomic E-state index is 13.6. The van der Waals surface area contributed by atoms with Crippen LogP contribution in [-0.4, -0.2) is 32.1 Å². The van der Waals surface area contributed by atoms with E-state index in [1.54, 1.807) is 23.0 Å². The number of aromatic nitrogens is 3. The van der Waals surface area contributed by atoms with Gasteiger partial charge in [0.05, 0.1) is 28.5 Å². The maximum Gasteiger partial charge on any atom is 0.254 e. The summed E-state index contributed by atoms with van der Waals surface area (Å²) in [5.41, 5.74) is 5.17. The number of rotatable bonds is 2. The largest absolute Gasteiger partial charge is 0.332 e. The van der Waals surface area contributed by atoms with E-state index in [-0.39, 0.29) is 10.9 Å². The van der Waals surface area contributed by atoms with E-state index in [0.717, 1.165) is 33.4 Å². The van der Waals surface area contributed by atoms with Gasteiger partial charge in [-0.1, -0.05) is 31.5 Å².